The Morgan fingerprint density at radius 3 is 2.47 bits per heavy atom. The Kier molecular flexibility index (Phi) is 7.37. The van der Waals surface area contributed by atoms with Gasteiger partial charge in [0.2, 0.25) is 11.7 Å². The Morgan fingerprint density at radius 2 is 1.78 bits per heavy atom. The molecule has 0 spiro atoms. The van der Waals surface area contributed by atoms with E-state index in [9.17, 15) is 4.79 Å². The van der Waals surface area contributed by atoms with E-state index in [1.165, 1.54) is 11.8 Å². The zero-order chi connectivity index (χ0) is 22.2. The third kappa shape index (κ3) is 5.27. The van der Waals surface area contributed by atoms with Crippen molar-refractivity contribution in [2.45, 2.75) is 11.7 Å². The Balaban J connectivity index is 1.53. The summed E-state index contributed by atoms with van der Waals surface area (Å²) < 4.78 is 12.7. The molecule has 2 heterocycles. The van der Waals surface area contributed by atoms with Gasteiger partial charge in [-0.05, 0) is 29.8 Å². The average molecular weight is 449 g/mol. The smallest absolute Gasteiger partial charge is 0.233 e. The lowest BCUT2D eigenvalue weighted by Gasteiger charge is -2.22. The Hall–Kier alpha value is -3.36. The summed E-state index contributed by atoms with van der Waals surface area (Å²) in [5.41, 5.74) is 1.98. The molecule has 2 aromatic heterocycles. The van der Waals surface area contributed by atoms with Crippen molar-refractivity contribution >= 4 is 17.7 Å². The maximum absolute atomic E-state index is 13.1. The highest BCUT2D eigenvalue weighted by Gasteiger charge is 2.20. The summed E-state index contributed by atoms with van der Waals surface area (Å²) in [4.78, 5) is 14.9. The van der Waals surface area contributed by atoms with Crippen LogP contribution in [0.2, 0.25) is 0 Å². The molecule has 0 saturated carbocycles. The lowest BCUT2D eigenvalue weighted by Crippen LogP contribution is -2.34. The van der Waals surface area contributed by atoms with Crippen LogP contribution in [0.5, 0.6) is 0 Å². The van der Waals surface area contributed by atoms with E-state index in [2.05, 4.69) is 10.2 Å². The Bertz CT molecular complexity index is 1110. The number of amides is 1. The van der Waals surface area contributed by atoms with E-state index in [4.69, 9.17) is 9.15 Å². The predicted molar refractivity (Wildman–Crippen MR) is 124 cm³/mol. The summed E-state index contributed by atoms with van der Waals surface area (Å²) in [5.74, 6) is 1.46. The van der Waals surface area contributed by atoms with Gasteiger partial charge in [0.25, 0.3) is 0 Å². The molecule has 0 N–H and O–H groups in total. The van der Waals surface area contributed by atoms with Crippen LogP contribution in [-0.2, 0) is 16.1 Å². The first kappa shape index (κ1) is 21.9. The highest BCUT2D eigenvalue weighted by molar-refractivity contribution is 7.99. The SMILES string of the molecule is COCCN(Cc1ccccc1)C(=O)CSc1nnc(-c2ccco2)n1-c1ccccc1. The molecule has 164 valence electrons. The third-order valence-corrected chi connectivity index (χ3v) is 5.76. The first-order chi connectivity index (χ1) is 15.8. The van der Waals surface area contributed by atoms with Crippen molar-refractivity contribution in [3.63, 3.8) is 0 Å². The summed E-state index contributed by atoms with van der Waals surface area (Å²) in [6.45, 7) is 1.53. The Labute approximate surface area is 191 Å². The highest BCUT2D eigenvalue weighted by Crippen LogP contribution is 2.28. The number of carbonyl (C=O) groups is 1. The second-order valence-corrected chi connectivity index (χ2v) is 7.98. The monoisotopic (exact) mass is 448 g/mol. The number of hydrogen-bond acceptors (Lipinski definition) is 6. The average Bonchev–Trinajstić information content (AvgIpc) is 3.51. The molecule has 0 atom stereocenters. The van der Waals surface area contributed by atoms with Gasteiger partial charge in [-0.3, -0.25) is 9.36 Å². The number of carbonyl (C=O) groups excluding carboxylic acids is 1. The molecule has 4 aromatic rings. The number of hydrogen-bond donors (Lipinski definition) is 0. The van der Waals surface area contributed by atoms with Crippen LogP contribution in [0.15, 0.2) is 88.6 Å². The van der Waals surface area contributed by atoms with Crippen molar-refractivity contribution in [2.75, 3.05) is 26.0 Å². The second kappa shape index (κ2) is 10.8. The molecule has 7 nitrogen and oxygen atoms in total. The molecule has 32 heavy (non-hydrogen) atoms. The third-order valence-electron chi connectivity index (χ3n) is 4.85. The van der Waals surface area contributed by atoms with Crippen molar-refractivity contribution in [1.29, 1.82) is 0 Å². The van der Waals surface area contributed by atoms with E-state index >= 15 is 0 Å². The number of benzene rings is 2. The number of aromatic nitrogens is 3. The zero-order valence-corrected chi connectivity index (χ0v) is 18.6. The van der Waals surface area contributed by atoms with Gasteiger partial charge in [0.1, 0.15) is 0 Å². The zero-order valence-electron chi connectivity index (χ0n) is 17.8. The quantitative estimate of drug-likeness (QED) is 0.337. The van der Waals surface area contributed by atoms with Gasteiger partial charge in [-0.25, -0.2) is 0 Å². The van der Waals surface area contributed by atoms with Gasteiger partial charge >= 0.3 is 0 Å². The number of methoxy groups -OCH3 is 1. The molecular weight excluding hydrogens is 424 g/mol. The first-order valence-electron chi connectivity index (χ1n) is 10.2. The Morgan fingerprint density at radius 1 is 1.03 bits per heavy atom. The molecule has 0 radical (unpaired) electrons. The molecular formula is C24H24N4O3S. The summed E-state index contributed by atoms with van der Waals surface area (Å²) in [6, 6.07) is 23.4. The van der Waals surface area contributed by atoms with Gasteiger partial charge in [-0.15, -0.1) is 10.2 Å². The van der Waals surface area contributed by atoms with Gasteiger partial charge in [-0.1, -0.05) is 60.3 Å². The number of ether oxygens (including phenoxy) is 1. The molecule has 0 aliphatic heterocycles. The largest absolute Gasteiger partial charge is 0.461 e. The van der Waals surface area contributed by atoms with Crippen molar-refractivity contribution in [3.05, 3.63) is 84.6 Å². The summed E-state index contributed by atoms with van der Waals surface area (Å²) in [5, 5.41) is 9.30. The van der Waals surface area contributed by atoms with Gasteiger partial charge in [0.15, 0.2) is 10.9 Å². The van der Waals surface area contributed by atoms with E-state index in [1.54, 1.807) is 13.4 Å². The fourth-order valence-corrected chi connectivity index (χ4v) is 4.11. The first-order valence-corrected chi connectivity index (χ1v) is 11.2. The summed E-state index contributed by atoms with van der Waals surface area (Å²) in [7, 11) is 1.64. The van der Waals surface area contributed by atoms with Crippen molar-refractivity contribution in [1.82, 2.24) is 19.7 Å². The lowest BCUT2D eigenvalue weighted by atomic mass is 10.2. The molecule has 1 amide bonds. The van der Waals surface area contributed by atoms with E-state index < -0.39 is 0 Å². The van der Waals surface area contributed by atoms with Crippen LogP contribution in [-0.4, -0.2) is 51.6 Å². The maximum Gasteiger partial charge on any atom is 0.233 e. The molecule has 0 saturated heterocycles. The van der Waals surface area contributed by atoms with Gasteiger partial charge in [-0.2, -0.15) is 0 Å². The van der Waals surface area contributed by atoms with Crippen molar-refractivity contribution < 1.29 is 13.9 Å². The van der Waals surface area contributed by atoms with E-state index in [0.29, 0.717) is 36.4 Å². The van der Waals surface area contributed by atoms with Gasteiger partial charge in [0.05, 0.1) is 18.6 Å². The molecule has 8 heteroatoms. The minimum atomic E-state index is 0.0121. The van der Waals surface area contributed by atoms with Crippen LogP contribution < -0.4 is 0 Å². The van der Waals surface area contributed by atoms with E-state index in [-0.39, 0.29) is 11.7 Å². The fraction of sp³-hybridized carbons (Fsp3) is 0.208. The summed E-state index contributed by atoms with van der Waals surface area (Å²) in [6.07, 6.45) is 1.60. The minimum absolute atomic E-state index is 0.0121. The number of nitrogens with zero attached hydrogens (tertiary/aromatic N) is 4. The van der Waals surface area contributed by atoms with Crippen LogP contribution >= 0.6 is 11.8 Å². The van der Waals surface area contributed by atoms with E-state index in [0.717, 1.165) is 11.3 Å². The standard InChI is InChI=1S/C24H24N4O3S/c1-30-16-14-27(17-19-9-4-2-5-10-19)22(29)18-32-24-26-25-23(21-13-8-15-31-21)28(24)20-11-6-3-7-12-20/h2-13,15H,14,16-18H2,1H3. The highest BCUT2D eigenvalue weighted by atomic mass is 32.2. The number of para-hydroxylation sites is 1. The van der Waals surface area contributed by atoms with Crippen LogP contribution in [0.3, 0.4) is 0 Å². The minimum Gasteiger partial charge on any atom is -0.461 e. The molecule has 0 aliphatic rings. The predicted octanol–water partition coefficient (Wildman–Crippen LogP) is 4.29. The van der Waals surface area contributed by atoms with Crippen LogP contribution in [0.4, 0.5) is 0 Å². The van der Waals surface area contributed by atoms with Crippen molar-refractivity contribution in [2.24, 2.45) is 0 Å². The number of rotatable bonds is 10. The summed E-state index contributed by atoms with van der Waals surface area (Å²) >= 11 is 1.36. The molecule has 0 bridgehead atoms. The van der Waals surface area contributed by atoms with Crippen molar-refractivity contribution in [3.8, 4) is 17.3 Å². The molecule has 4 rings (SSSR count). The van der Waals surface area contributed by atoms with Gasteiger partial charge < -0.3 is 14.1 Å². The molecule has 0 aliphatic carbocycles. The topological polar surface area (TPSA) is 73.4 Å². The van der Waals surface area contributed by atoms with Crippen LogP contribution in [0, 0.1) is 0 Å². The van der Waals surface area contributed by atoms with Gasteiger partial charge in [0, 0.05) is 25.9 Å². The molecule has 0 fully saturated rings. The molecule has 0 unspecified atom stereocenters. The number of furan rings is 1. The van der Waals surface area contributed by atoms with E-state index in [1.807, 2.05) is 82.3 Å². The fourth-order valence-electron chi connectivity index (χ4n) is 3.25. The van der Waals surface area contributed by atoms with Crippen LogP contribution in [0.1, 0.15) is 5.56 Å². The lowest BCUT2D eigenvalue weighted by molar-refractivity contribution is -0.129. The normalized spacial score (nSPS) is 10.9. The maximum atomic E-state index is 13.1. The second-order valence-electron chi connectivity index (χ2n) is 7.04. The number of thioether (sulfide) groups is 1. The molecule has 2 aromatic carbocycles. The van der Waals surface area contributed by atoms with Crippen LogP contribution in [0.25, 0.3) is 17.3 Å².